The largest absolute Gasteiger partial charge is 0.497 e. The molecular weight excluding hydrogens is 290 g/mol. The second-order valence-electron chi connectivity index (χ2n) is 4.87. The van der Waals surface area contributed by atoms with E-state index in [1.807, 2.05) is 13.0 Å². The summed E-state index contributed by atoms with van der Waals surface area (Å²) in [5.41, 5.74) is 2.07. The molecule has 110 valence electrons. The Balaban J connectivity index is 1.75. The molecule has 3 rings (SSSR count). The van der Waals surface area contributed by atoms with Crippen molar-refractivity contribution < 1.29 is 4.74 Å². The van der Waals surface area contributed by atoms with Crippen molar-refractivity contribution in [1.29, 1.82) is 0 Å². The lowest BCUT2D eigenvalue weighted by molar-refractivity contribution is 0.303. The van der Waals surface area contributed by atoms with Crippen LogP contribution in [0.3, 0.4) is 0 Å². The van der Waals surface area contributed by atoms with Crippen molar-refractivity contribution in [2.24, 2.45) is 0 Å². The maximum absolute atomic E-state index is 6.12. The van der Waals surface area contributed by atoms with Crippen molar-refractivity contribution in [2.45, 2.75) is 19.8 Å². The first-order valence-corrected chi connectivity index (χ1v) is 7.11. The van der Waals surface area contributed by atoms with Crippen LogP contribution in [-0.4, -0.2) is 33.2 Å². The second-order valence-corrected chi connectivity index (χ2v) is 5.26. The number of nitrogens with one attached hydrogen (secondary N) is 1. The lowest BCUT2D eigenvalue weighted by Gasteiger charge is -2.13. The van der Waals surface area contributed by atoms with E-state index in [1.165, 1.54) is 10.1 Å². The van der Waals surface area contributed by atoms with Crippen LogP contribution in [0.4, 0.5) is 5.95 Å². The maximum atomic E-state index is 6.12. The Hall–Kier alpha value is -2.08. The van der Waals surface area contributed by atoms with E-state index in [0.717, 1.165) is 24.3 Å². The van der Waals surface area contributed by atoms with Gasteiger partial charge in [0.1, 0.15) is 10.9 Å². The van der Waals surface area contributed by atoms with Crippen LogP contribution < -0.4 is 5.32 Å². The van der Waals surface area contributed by atoms with E-state index in [-0.39, 0.29) is 0 Å². The van der Waals surface area contributed by atoms with Gasteiger partial charge in [-0.05, 0) is 43.6 Å². The maximum Gasteiger partial charge on any atom is 0.255 e. The molecule has 6 nitrogen and oxygen atoms in total. The molecule has 0 spiro atoms. The minimum atomic E-state index is 0.498. The zero-order valence-corrected chi connectivity index (χ0v) is 12.7. The smallest absolute Gasteiger partial charge is 0.255 e. The summed E-state index contributed by atoms with van der Waals surface area (Å²) in [5.74, 6) is 1.92. The topological polar surface area (TPSA) is 64.3 Å². The summed E-state index contributed by atoms with van der Waals surface area (Å²) in [4.78, 5) is 8.63. The van der Waals surface area contributed by atoms with Gasteiger partial charge in [0.2, 0.25) is 5.95 Å². The van der Waals surface area contributed by atoms with E-state index in [9.17, 15) is 0 Å². The minimum absolute atomic E-state index is 0.498. The van der Waals surface area contributed by atoms with Crippen LogP contribution in [0.2, 0.25) is 5.15 Å². The van der Waals surface area contributed by atoms with Crippen LogP contribution in [0, 0.1) is 6.92 Å². The molecule has 21 heavy (non-hydrogen) atoms. The number of methoxy groups -OCH3 is 1. The Morgan fingerprint density at radius 3 is 3.10 bits per heavy atom. The molecule has 0 radical (unpaired) electrons. The highest BCUT2D eigenvalue weighted by Crippen LogP contribution is 2.18. The Kier molecular flexibility index (Phi) is 3.79. The number of nitrogens with zero attached hydrogens (tertiary/aromatic N) is 4. The molecule has 7 heteroatoms. The molecule has 0 aromatic carbocycles. The summed E-state index contributed by atoms with van der Waals surface area (Å²) in [5, 5.41) is 8.01. The molecule has 0 unspecified atom stereocenters. The summed E-state index contributed by atoms with van der Waals surface area (Å²) in [7, 11) is 1.68. The van der Waals surface area contributed by atoms with Crippen molar-refractivity contribution in [2.75, 3.05) is 19.0 Å². The summed E-state index contributed by atoms with van der Waals surface area (Å²) < 4.78 is 6.76. The average molecular weight is 306 g/mol. The molecule has 0 aliphatic heterocycles. The van der Waals surface area contributed by atoms with Crippen LogP contribution in [0.25, 0.3) is 5.78 Å². The first-order chi connectivity index (χ1) is 10.2. The predicted molar refractivity (Wildman–Crippen MR) is 81.4 cm³/mol. The standard InChI is InChI=1S/C14H16ClN5O/c1-9-6-12(15)20-14(17-9)18-13(19-20)16-8-10-4-3-5-11(7-10)21-2/h5-7H,3-4,8H2,1-2H3,(H,16,19). The average Bonchev–Trinajstić information content (AvgIpc) is 2.88. The number of aromatic nitrogens is 4. The van der Waals surface area contributed by atoms with E-state index in [0.29, 0.717) is 23.4 Å². The molecule has 0 saturated carbocycles. The lowest BCUT2D eigenvalue weighted by atomic mass is 10.0. The van der Waals surface area contributed by atoms with E-state index >= 15 is 0 Å². The predicted octanol–water partition coefficient (Wildman–Crippen LogP) is 2.75. The van der Waals surface area contributed by atoms with Crippen molar-refractivity contribution in [3.05, 3.63) is 40.4 Å². The van der Waals surface area contributed by atoms with Gasteiger partial charge in [0.15, 0.2) is 0 Å². The SMILES string of the molecule is COC1=CCCC(CNc2nc3nc(C)cc(Cl)n3n2)=C1. The number of hydrogen-bond donors (Lipinski definition) is 1. The summed E-state index contributed by atoms with van der Waals surface area (Å²) in [6.07, 6.45) is 6.12. The molecular formula is C14H16ClN5O. The number of ether oxygens (including phenoxy) is 1. The Bertz CT molecular complexity index is 734. The number of hydrogen-bond acceptors (Lipinski definition) is 5. The fourth-order valence-electron chi connectivity index (χ4n) is 2.22. The fraction of sp³-hybridized carbons (Fsp3) is 0.357. The van der Waals surface area contributed by atoms with Gasteiger partial charge >= 0.3 is 0 Å². The van der Waals surface area contributed by atoms with Crippen molar-refractivity contribution >= 4 is 23.3 Å². The molecule has 1 aliphatic rings. The Morgan fingerprint density at radius 1 is 1.43 bits per heavy atom. The van der Waals surface area contributed by atoms with Gasteiger partial charge in [-0.15, -0.1) is 5.10 Å². The molecule has 0 atom stereocenters. The molecule has 2 aromatic heterocycles. The number of halogens is 1. The quantitative estimate of drug-likeness (QED) is 0.880. The highest BCUT2D eigenvalue weighted by molar-refractivity contribution is 6.29. The van der Waals surface area contributed by atoms with Gasteiger partial charge in [0, 0.05) is 12.2 Å². The van der Waals surface area contributed by atoms with Crippen molar-refractivity contribution in [3.8, 4) is 0 Å². The zero-order valence-electron chi connectivity index (χ0n) is 11.9. The second kappa shape index (κ2) is 5.73. The van der Waals surface area contributed by atoms with Gasteiger partial charge in [-0.2, -0.15) is 9.50 Å². The summed E-state index contributed by atoms with van der Waals surface area (Å²) in [6.45, 7) is 2.55. The molecule has 1 N–H and O–H groups in total. The van der Waals surface area contributed by atoms with Crippen LogP contribution in [-0.2, 0) is 4.74 Å². The molecule has 0 amide bonds. The van der Waals surface area contributed by atoms with Gasteiger partial charge < -0.3 is 10.1 Å². The molecule has 0 bridgehead atoms. The summed E-state index contributed by atoms with van der Waals surface area (Å²) >= 11 is 6.12. The van der Waals surface area contributed by atoms with Gasteiger partial charge in [-0.3, -0.25) is 0 Å². The number of aryl methyl sites for hydroxylation is 1. The molecule has 1 aliphatic carbocycles. The Morgan fingerprint density at radius 2 is 2.29 bits per heavy atom. The van der Waals surface area contributed by atoms with Gasteiger partial charge in [-0.1, -0.05) is 11.6 Å². The number of allylic oxidation sites excluding steroid dienone is 2. The molecule has 2 aromatic rings. The lowest BCUT2D eigenvalue weighted by Crippen LogP contribution is -2.08. The monoisotopic (exact) mass is 305 g/mol. The number of anilines is 1. The normalized spacial score (nSPS) is 14.8. The highest BCUT2D eigenvalue weighted by atomic mass is 35.5. The van der Waals surface area contributed by atoms with E-state index in [2.05, 4.69) is 26.5 Å². The summed E-state index contributed by atoms with van der Waals surface area (Å²) in [6, 6.07) is 1.76. The third-order valence-corrected chi connectivity index (χ3v) is 3.53. The van der Waals surface area contributed by atoms with Crippen LogP contribution >= 0.6 is 11.6 Å². The third kappa shape index (κ3) is 3.00. The van der Waals surface area contributed by atoms with E-state index in [4.69, 9.17) is 16.3 Å². The molecule has 0 saturated heterocycles. The number of fused-ring (bicyclic) bond motifs is 1. The van der Waals surface area contributed by atoms with E-state index < -0.39 is 0 Å². The van der Waals surface area contributed by atoms with Crippen molar-refractivity contribution in [1.82, 2.24) is 19.6 Å². The van der Waals surface area contributed by atoms with Gasteiger partial charge in [0.05, 0.1) is 7.11 Å². The van der Waals surface area contributed by atoms with E-state index in [1.54, 1.807) is 13.2 Å². The van der Waals surface area contributed by atoms with Crippen molar-refractivity contribution in [3.63, 3.8) is 0 Å². The van der Waals surface area contributed by atoms with Gasteiger partial charge in [0.25, 0.3) is 5.78 Å². The van der Waals surface area contributed by atoms with Gasteiger partial charge in [-0.25, -0.2) is 4.98 Å². The minimum Gasteiger partial charge on any atom is -0.497 e. The fourth-order valence-corrected chi connectivity index (χ4v) is 2.50. The number of rotatable bonds is 4. The highest BCUT2D eigenvalue weighted by Gasteiger charge is 2.10. The van der Waals surface area contributed by atoms with Crippen LogP contribution in [0.15, 0.2) is 29.6 Å². The molecule has 0 fully saturated rings. The van der Waals surface area contributed by atoms with Crippen LogP contribution in [0.1, 0.15) is 18.5 Å². The molecule has 2 heterocycles. The van der Waals surface area contributed by atoms with Crippen LogP contribution in [0.5, 0.6) is 0 Å². The zero-order chi connectivity index (χ0) is 14.8. The first-order valence-electron chi connectivity index (χ1n) is 6.73. The first kappa shape index (κ1) is 13.9. The Labute approximate surface area is 127 Å². The third-order valence-electron chi connectivity index (χ3n) is 3.26.